The van der Waals surface area contributed by atoms with Crippen LogP contribution >= 0.6 is 0 Å². The molecule has 1 atom stereocenters. The predicted octanol–water partition coefficient (Wildman–Crippen LogP) is 2.51. The summed E-state index contributed by atoms with van der Waals surface area (Å²) in [6.45, 7) is -0.697. The Morgan fingerprint density at radius 1 is 1.33 bits per heavy atom. The topological polar surface area (TPSA) is 47.6 Å². The molecule has 0 saturated carbocycles. The van der Waals surface area contributed by atoms with Gasteiger partial charge >= 0.3 is 12.6 Å². The van der Waals surface area contributed by atoms with Gasteiger partial charge in [-0.25, -0.2) is 0 Å². The lowest BCUT2D eigenvalue weighted by atomic mass is 10.2. The van der Waals surface area contributed by atoms with Crippen LogP contribution in [0.25, 0.3) is 0 Å². The third-order valence-electron chi connectivity index (χ3n) is 2.30. The summed E-state index contributed by atoms with van der Waals surface area (Å²) in [6, 6.07) is 6.05. The zero-order valence-electron chi connectivity index (χ0n) is 10.2. The third-order valence-corrected chi connectivity index (χ3v) is 2.30. The summed E-state index contributed by atoms with van der Waals surface area (Å²) in [5.41, 5.74) is 0.715. The van der Waals surface area contributed by atoms with Gasteiger partial charge in [0.15, 0.2) is 0 Å². The number of rotatable bonds is 6. The number of methoxy groups -OCH3 is 1. The molecule has 0 heterocycles. The van der Waals surface area contributed by atoms with Gasteiger partial charge < -0.3 is 14.8 Å². The normalized spacial score (nSPS) is 12.1. The van der Waals surface area contributed by atoms with E-state index in [1.54, 1.807) is 19.1 Å². The molecule has 18 heavy (non-hydrogen) atoms. The highest BCUT2D eigenvalue weighted by molar-refractivity contribution is 5.72. The number of hydrogen-bond acceptors (Lipinski definition) is 4. The smallest absolute Gasteiger partial charge is 0.387 e. The van der Waals surface area contributed by atoms with Crippen molar-refractivity contribution in [1.82, 2.24) is 0 Å². The molecule has 0 aromatic heterocycles. The lowest BCUT2D eigenvalue weighted by molar-refractivity contribution is -0.144. The van der Waals surface area contributed by atoms with E-state index in [9.17, 15) is 13.6 Å². The first-order chi connectivity index (χ1) is 8.52. The highest BCUT2D eigenvalue weighted by Gasteiger charge is 2.12. The standard InChI is InChI=1S/C12H15F2NO3/c1-8(11(16)17-2)7-15-9-3-5-10(6-4-9)18-12(13)14/h3-6,8,12,15H,7H2,1-2H3. The number of benzene rings is 1. The van der Waals surface area contributed by atoms with E-state index in [-0.39, 0.29) is 17.6 Å². The maximum atomic E-state index is 11.9. The van der Waals surface area contributed by atoms with E-state index in [0.29, 0.717) is 12.2 Å². The molecule has 0 spiro atoms. The lowest BCUT2D eigenvalue weighted by Gasteiger charge is -2.12. The zero-order chi connectivity index (χ0) is 13.5. The van der Waals surface area contributed by atoms with Gasteiger partial charge in [-0.2, -0.15) is 8.78 Å². The van der Waals surface area contributed by atoms with Crippen LogP contribution in [0.4, 0.5) is 14.5 Å². The predicted molar refractivity (Wildman–Crippen MR) is 62.7 cm³/mol. The van der Waals surface area contributed by atoms with Gasteiger partial charge in [0.1, 0.15) is 5.75 Å². The van der Waals surface area contributed by atoms with E-state index < -0.39 is 6.61 Å². The molecule has 0 bridgehead atoms. The summed E-state index contributed by atoms with van der Waals surface area (Å²) in [4.78, 5) is 11.1. The Bertz CT molecular complexity index is 381. The number of anilines is 1. The van der Waals surface area contributed by atoms with Crippen LogP contribution in [-0.2, 0) is 9.53 Å². The number of hydrogen-bond donors (Lipinski definition) is 1. The van der Waals surface area contributed by atoms with Gasteiger partial charge in [0, 0.05) is 12.2 Å². The molecule has 0 amide bonds. The molecule has 0 radical (unpaired) electrons. The molecular weight excluding hydrogens is 244 g/mol. The maximum Gasteiger partial charge on any atom is 0.387 e. The van der Waals surface area contributed by atoms with Crippen LogP contribution in [0, 0.1) is 5.92 Å². The summed E-state index contributed by atoms with van der Waals surface area (Å²) in [5, 5.41) is 3.00. The Kier molecular flexibility index (Phi) is 5.35. The Morgan fingerprint density at radius 3 is 2.44 bits per heavy atom. The fourth-order valence-corrected chi connectivity index (χ4v) is 1.31. The molecule has 0 saturated heterocycles. The van der Waals surface area contributed by atoms with E-state index in [4.69, 9.17) is 0 Å². The zero-order valence-corrected chi connectivity index (χ0v) is 10.2. The fraction of sp³-hybridized carbons (Fsp3) is 0.417. The number of carbonyl (C=O) groups is 1. The van der Waals surface area contributed by atoms with Crippen LogP contribution in [0.5, 0.6) is 5.75 Å². The monoisotopic (exact) mass is 259 g/mol. The largest absolute Gasteiger partial charge is 0.469 e. The minimum absolute atomic E-state index is 0.0940. The van der Waals surface area contributed by atoms with Crippen LogP contribution in [0.1, 0.15) is 6.92 Å². The molecule has 1 aromatic rings. The molecule has 0 fully saturated rings. The molecule has 1 N–H and O–H groups in total. The SMILES string of the molecule is COC(=O)C(C)CNc1ccc(OC(F)F)cc1. The van der Waals surface area contributed by atoms with Crippen LogP contribution in [0.15, 0.2) is 24.3 Å². The number of nitrogens with one attached hydrogen (secondary N) is 1. The van der Waals surface area contributed by atoms with Crippen molar-refractivity contribution in [2.45, 2.75) is 13.5 Å². The number of esters is 1. The van der Waals surface area contributed by atoms with Crippen molar-refractivity contribution in [2.24, 2.45) is 5.92 Å². The molecule has 1 rings (SSSR count). The summed E-state index contributed by atoms with van der Waals surface area (Å²) >= 11 is 0. The highest BCUT2D eigenvalue weighted by atomic mass is 19.3. The van der Waals surface area contributed by atoms with Crippen LogP contribution in [0.2, 0.25) is 0 Å². The molecular formula is C12H15F2NO3. The minimum Gasteiger partial charge on any atom is -0.469 e. The number of carbonyl (C=O) groups excluding carboxylic acids is 1. The van der Waals surface area contributed by atoms with E-state index in [1.165, 1.54) is 19.2 Å². The average Bonchev–Trinajstić information content (AvgIpc) is 2.36. The number of halogens is 2. The van der Waals surface area contributed by atoms with Crippen molar-refractivity contribution in [3.63, 3.8) is 0 Å². The fourth-order valence-electron chi connectivity index (χ4n) is 1.31. The van der Waals surface area contributed by atoms with E-state index >= 15 is 0 Å². The van der Waals surface area contributed by atoms with Crippen molar-refractivity contribution >= 4 is 11.7 Å². The third kappa shape index (κ3) is 4.57. The quantitative estimate of drug-likeness (QED) is 0.797. The van der Waals surface area contributed by atoms with Gasteiger partial charge in [0.05, 0.1) is 13.0 Å². The summed E-state index contributed by atoms with van der Waals surface area (Å²) in [7, 11) is 1.33. The van der Waals surface area contributed by atoms with Crippen molar-refractivity contribution in [2.75, 3.05) is 19.0 Å². The Balaban J connectivity index is 2.46. The Morgan fingerprint density at radius 2 is 1.94 bits per heavy atom. The number of ether oxygens (including phenoxy) is 2. The second-order valence-electron chi connectivity index (χ2n) is 3.71. The van der Waals surface area contributed by atoms with Gasteiger partial charge in [-0.3, -0.25) is 4.79 Å². The molecule has 1 unspecified atom stereocenters. The average molecular weight is 259 g/mol. The Labute approximate surface area is 104 Å². The molecule has 6 heteroatoms. The first-order valence-electron chi connectivity index (χ1n) is 5.39. The van der Waals surface area contributed by atoms with Crippen molar-refractivity contribution in [3.05, 3.63) is 24.3 Å². The second-order valence-corrected chi connectivity index (χ2v) is 3.71. The van der Waals surface area contributed by atoms with E-state index in [0.717, 1.165) is 0 Å². The molecule has 1 aromatic carbocycles. The summed E-state index contributed by atoms with van der Waals surface area (Å²) in [6.07, 6.45) is 0. The second kappa shape index (κ2) is 6.78. The summed E-state index contributed by atoms with van der Waals surface area (Å²) < 4.78 is 32.6. The van der Waals surface area contributed by atoms with Crippen molar-refractivity contribution in [3.8, 4) is 5.75 Å². The lowest BCUT2D eigenvalue weighted by Crippen LogP contribution is -2.21. The van der Waals surface area contributed by atoms with Crippen LogP contribution in [-0.4, -0.2) is 26.2 Å². The maximum absolute atomic E-state index is 11.9. The van der Waals surface area contributed by atoms with Gasteiger partial charge in [-0.15, -0.1) is 0 Å². The molecule has 4 nitrogen and oxygen atoms in total. The van der Waals surface area contributed by atoms with Gasteiger partial charge in [-0.1, -0.05) is 6.92 Å². The first kappa shape index (κ1) is 14.2. The van der Waals surface area contributed by atoms with Gasteiger partial charge in [0.2, 0.25) is 0 Å². The van der Waals surface area contributed by atoms with Crippen LogP contribution < -0.4 is 10.1 Å². The molecule has 0 aliphatic rings. The molecule has 0 aliphatic heterocycles. The van der Waals surface area contributed by atoms with E-state index in [2.05, 4.69) is 14.8 Å². The van der Waals surface area contributed by atoms with Gasteiger partial charge in [-0.05, 0) is 24.3 Å². The summed E-state index contributed by atoms with van der Waals surface area (Å²) in [5.74, 6) is -0.497. The highest BCUT2D eigenvalue weighted by Crippen LogP contribution is 2.17. The molecule has 0 aliphatic carbocycles. The first-order valence-corrected chi connectivity index (χ1v) is 5.39. The number of alkyl halides is 2. The van der Waals surface area contributed by atoms with Crippen molar-refractivity contribution in [1.29, 1.82) is 0 Å². The molecule has 100 valence electrons. The van der Waals surface area contributed by atoms with Crippen LogP contribution in [0.3, 0.4) is 0 Å². The van der Waals surface area contributed by atoms with Crippen molar-refractivity contribution < 1.29 is 23.0 Å². The minimum atomic E-state index is -2.83. The Hall–Kier alpha value is -1.85. The van der Waals surface area contributed by atoms with E-state index in [1.807, 2.05) is 0 Å². The van der Waals surface area contributed by atoms with Gasteiger partial charge in [0.25, 0.3) is 0 Å².